The van der Waals surface area contributed by atoms with Gasteiger partial charge in [-0.2, -0.15) is 0 Å². The zero-order valence-corrected chi connectivity index (χ0v) is 20.7. The number of nitrogens with zero attached hydrogens (tertiary/aromatic N) is 1. The fourth-order valence-corrected chi connectivity index (χ4v) is 4.70. The van der Waals surface area contributed by atoms with E-state index in [9.17, 15) is 4.79 Å². The van der Waals surface area contributed by atoms with Gasteiger partial charge in [-0.3, -0.25) is 9.69 Å². The predicted molar refractivity (Wildman–Crippen MR) is 140 cm³/mol. The van der Waals surface area contributed by atoms with E-state index in [0.29, 0.717) is 22.8 Å². The van der Waals surface area contributed by atoms with Crippen LogP contribution in [0.15, 0.2) is 72.5 Å². The van der Waals surface area contributed by atoms with Crippen LogP contribution in [0.4, 0.5) is 0 Å². The lowest BCUT2D eigenvalue weighted by Crippen LogP contribution is -2.28. The zero-order valence-electron chi connectivity index (χ0n) is 20.7. The Labute approximate surface area is 211 Å². The summed E-state index contributed by atoms with van der Waals surface area (Å²) in [5, 5.41) is 0. The zero-order chi connectivity index (χ0) is 25.1. The number of ether oxygens (including phenoxy) is 4. The topological polar surface area (TPSA) is 57.2 Å². The maximum Gasteiger partial charge on any atom is 0.235 e. The van der Waals surface area contributed by atoms with Gasteiger partial charge in [0.2, 0.25) is 5.78 Å². The van der Waals surface area contributed by atoms with Crippen molar-refractivity contribution >= 4 is 17.4 Å². The summed E-state index contributed by atoms with van der Waals surface area (Å²) in [7, 11) is 4.80. The van der Waals surface area contributed by atoms with Gasteiger partial charge in [0.25, 0.3) is 0 Å². The van der Waals surface area contributed by atoms with Crippen molar-refractivity contribution in [2.45, 2.75) is 13.0 Å². The first-order valence-corrected chi connectivity index (χ1v) is 11.9. The Bertz CT molecular complexity index is 1330. The molecule has 3 aromatic carbocycles. The van der Waals surface area contributed by atoms with Crippen molar-refractivity contribution in [3.63, 3.8) is 0 Å². The summed E-state index contributed by atoms with van der Waals surface area (Å²) in [6, 6.07) is 19.7. The molecule has 2 heterocycles. The smallest absolute Gasteiger partial charge is 0.235 e. The number of carbonyl (C=O) groups is 1. The van der Waals surface area contributed by atoms with Crippen molar-refractivity contribution in [2.75, 3.05) is 34.4 Å². The lowest BCUT2D eigenvalue weighted by molar-refractivity contribution is 0.101. The highest BCUT2D eigenvalue weighted by Gasteiger charge is 2.36. The van der Waals surface area contributed by atoms with E-state index >= 15 is 0 Å². The summed E-state index contributed by atoms with van der Waals surface area (Å²) in [6.07, 6.45) is 4.77. The predicted octanol–water partition coefficient (Wildman–Crippen LogP) is 5.62. The second-order valence-electron chi connectivity index (χ2n) is 8.77. The molecule has 0 saturated heterocycles. The molecule has 0 aliphatic carbocycles. The molecule has 6 heteroatoms. The number of rotatable bonds is 7. The molecule has 3 aromatic rings. The summed E-state index contributed by atoms with van der Waals surface area (Å²) >= 11 is 0. The highest BCUT2D eigenvalue weighted by atomic mass is 16.5. The Morgan fingerprint density at radius 3 is 2.28 bits per heavy atom. The van der Waals surface area contributed by atoms with Gasteiger partial charge in [-0.15, -0.1) is 0 Å². The van der Waals surface area contributed by atoms with Gasteiger partial charge in [-0.25, -0.2) is 0 Å². The van der Waals surface area contributed by atoms with E-state index in [2.05, 4.69) is 35.2 Å². The van der Waals surface area contributed by atoms with Crippen LogP contribution in [0.5, 0.6) is 23.0 Å². The monoisotopic (exact) mass is 483 g/mol. The van der Waals surface area contributed by atoms with Crippen LogP contribution < -0.4 is 18.9 Å². The molecule has 0 unspecified atom stereocenters. The van der Waals surface area contributed by atoms with Crippen molar-refractivity contribution in [1.82, 2.24) is 4.90 Å². The fourth-order valence-electron chi connectivity index (χ4n) is 4.70. The van der Waals surface area contributed by atoms with Crippen LogP contribution in [0, 0.1) is 0 Å². The average Bonchev–Trinajstić information content (AvgIpc) is 3.24. The lowest BCUT2D eigenvalue weighted by atomic mass is 9.94. The Hall–Kier alpha value is -4.03. The van der Waals surface area contributed by atoms with Crippen LogP contribution in [0.2, 0.25) is 0 Å². The molecule has 0 N–H and O–H groups in total. The van der Waals surface area contributed by atoms with Crippen LogP contribution in [0.25, 0.3) is 11.6 Å². The molecule has 2 aliphatic heterocycles. The molecule has 0 aromatic heterocycles. The van der Waals surface area contributed by atoms with Crippen LogP contribution in [0.1, 0.15) is 33.5 Å². The first kappa shape index (κ1) is 23.7. The third kappa shape index (κ3) is 4.60. The van der Waals surface area contributed by atoms with E-state index in [1.165, 1.54) is 5.56 Å². The van der Waals surface area contributed by atoms with Crippen molar-refractivity contribution in [1.29, 1.82) is 0 Å². The summed E-state index contributed by atoms with van der Waals surface area (Å²) in [5.41, 5.74) is 4.49. The van der Waals surface area contributed by atoms with Gasteiger partial charge in [0.05, 0.1) is 26.9 Å². The quantitative estimate of drug-likeness (QED) is 0.407. The number of benzene rings is 3. The summed E-state index contributed by atoms with van der Waals surface area (Å²) in [6.45, 7) is 2.59. The van der Waals surface area contributed by atoms with Gasteiger partial charge in [0.1, 0.15) is 22.8 Å². The highest BCUT2D eigenvalue weighted by molar-refractivity contribution is 6.17. The van der Waals surface area contributed by atoms with E-state index in [-0.39, 0.29) is 11.5 Å². The third-order valence-corrected chi connectivity index (χ3v) is 6.59. The van der Waals surface area contributed by atoms with Crippen molar-refractivity contribution in [3.05, 3.63) is 94.8 Å². The molecule has 0 radical (unpaired) electrons. The molecule has 0 amide bonds. The molecule has 6 nitrogen and oxygen atoms in total. The van der Waals surface area contributed by atoms with Gasteiger partial charge < -0.3 is 18.9 Å². The molecule has 2 aliphatic rings. The number of hydrogen-bond acceptors (Lipinski definition) is 6. The highest BCUT2D eigenvalue weighted by Crippen LogP contribution is 2.49. The number of hydrogen-bond donors (Lipinski definition) is 0. The van der Waals surface area contributed by atoms with Crippen molar-refractivity contribution in [2.24, 2.45) is 0 Å². The molecule has 36 heavy (non-hydrogen) atoms. The van der Waals surface area contributed by atoms with Crippen LogP contribution in [0.3, 0.4) is 0 Å². The number of allylic oxidation sites excluding steroid dienone is 1. The van der Waals surface area contributed by atoms with E-state index in [0.717, 1.165) is 48.5 Å². The lowest BCUT2D eigenvalue weighted by Gasteiger charge is -2.27. The van der Waals surface area contributed by atoms with Crippen LogP contribution in [-0.2, 0) is 6.54 Å². The second-order valence-corrected chi connectivity index (χ2v) is 8.77. The molecule has 0 atom stereocenters. The molecule has 0 bridgehead atoms. The number of ketones is 1. The van der Waals surface area contributed by atoms with Crippen molar-refractivity contribution in [3.8, 4) is 23.0 Å². The molecular weight excluding hydrogens is 454 g/mol. The molecule has 0 saturated carbocycles. The van der Waals surface area contributed by atoms with Crippen LogP contribution >= 0.6 is 0 Å². The van der Waals surface area contributed by atoms with Gasteiger partial charge in [0.15, 0.2) is 11.5 Å². The maximum absolute atomic E-state index is 13.4. The number of fused-ring (bicyclic) bond motifs is 1. The molecule has 184 valence electrons. The Kier molecular flexibility index (Phi) is 6.78. The van der Waals surface area contributed by atoms with Gasteiger partial charge in [0, 0.05) is 25.7 Å². The Morgan fingerprint density at radius 1 is 0.917 bits per heavy atom. The standard InChI is InChI=1S/C30H29NO5/c1-33-23-11-9-20(10-12-23)17-26-29(32)28-25(35-3)18-24(34-2)27(30(28)36-26)22-13-15-31(16-14-22)19-21-7-5-4-6-8-21/h4-13,17-18H,14-16,19H2,1-3H3. The third-order valence-electron chi connectivity index (χ3n) is 6.59. The summed E-state index contributed by atoms with van der Waals surface area (Å²) in [5.74, 6) is 2.37. The largest absolute Gasteiger partial charge is 0.497 e. The first-order valence-electron chi connectivity index (χ1n) is 11.9. The molecule has 0 spiro atoms. The maximum atomic E-state index is 13.4. The van der Waals surface area contributed by atoms with E-state index in [4.69, 9.17) is 18.9 Å². The fraction of sp³-hybridized carbons (Fsp3) is 0.233. The Morgan fingerprint density at radius 2 is 1.64 bits per heavy atom. The average molecular weight is 484 g/mol. The minimum atomic E-state index is -0.205. The summed E-state index contributed by atoms with van der Waals surface area (Å²) in [4.78, 5) is 15.8. The van der Waals surface area contributed by atoms with Crippen molar-refractivity contribution < 1.29 is 23.7 Å². The van der Waals surface area contributed by atoms with Gasteiger partial charge >= 0.3 is 0 Å². The SMILES string of the molecule is COc1ccc(C=C2Oc3c(c(OC)cc(OC)c3C3=CCN(Cc4ccccc4)CC3)C2=O)cc1. The van der Waals surface area contributed by atoms with Gasteiger partial charge in [-0.05, 0) is 41.3 Å². The number of Topliss-reactive ketones (excluding diaryl/α,β-unsaturated/α-hetero) is 1. The summed E-state index contributed by atoms with van der Waals surface area (Å²) < 4.78 is 22.8. The minimum Gasteiger partial charge on any atom is -0.497 e. The first-order chi connectivity index (χ1) is 17.6. The minimum absolute atomic E-state index is 0.205. The van der Waals surface area contributed by atoms with E-state index < -0.39 is 0 Å². The molecule has 0 fully saturated rings. The molecular formula is C30H29NO5. The van der Waals surface area contributed by atoms with Crippen LogP contribution in [-0.4, -0.2) is 45.1 Å². The van der Waals surface area contributed by atoms with Gasteiger partial charge in [-0.1, -0.05) is 48.5 Å². The number of carbonyl (C=O) groups excluding carboxylic acids is 1. The van der Waals surface area contributed by atoms with E-state index in [1.807, 2.05) is 30.3 Å². The second kappa shape index (κ2) is 10.3. The van der Waals surface area contributed by atoms with E-state index in [1.54, 1.807) is 33.5 Å². The normalized spacial score (nSPS) is 16.4. The molecule has 5 rings (SSSR count). The Balaban J connectivity index is 1.48. The number of methoxy groups -OCH3 is 3.